The summed E-state index contributed by atoms with van der Waals surface area (Å²) in [5.41, 5.74) is 2.49. The molecule has 148 valence electrons. The highest BCUT2D eigenvalue weighted by molar-refractivity contribution is 5.93. The predicted molar refractivity (Wildman–Crippen MR) is 110 cm³/mol. The zero-order valence-corrected chi connectivity index (χ0v) is 15.9. The summed E-state index contributed by atoms with van der Waals surface area (Å²) in [6, 6.07) is 24.0. The Morgan fingerprint density at radius 3 is 2.14 bits per heavy atom. The van der Waals surface area contributed by atoms with Crippen molar-refractivity contribution in [2.45, 2.75) is 6.04 Å². The molecule has 0 unspecified atom stereocenters. The molecular formula is C22H22N3O4+. The zero-order chi connectivity index (χ0) is 20.6. The molecule has 7 nitrogen and oxygen atoms in total. The van der Waals surface area contributed by atoms with Crippen molar-refractivity contribution in [3.63, 3.8) is 0 Å². The Morgan fingerprint density at radius 2 is 1.62 bits per heavy atom. The van der Waals surface area contributed by atoms with Crippen LogP contribution < -0.4 is 15.4 Å². The number of anilines is 1. The summed E-state index contributed by atoms with van der Waals surface area (Å²) >= 11 is 0. The van der Waals surface area contributed by atoms with Crippen molar-refractivity contribution in [3.8, 4) is 5.75 Å². The maximum Gasteiger partial charge on any atom is 0.279 e. The first kappa shape index (κ1) is 20.0. The van der Waals surface area contributed by atoms with E-state index >= 15 is 0 Å². The Kier molecular flexibility index (Phi) is 6.55. The van der Waals surface area contributed by atoms with Gasteiger partial charge in [0.2, 0.25) is 0 Å². The number of quaternary nitrogens is 1. The van der Waals surface area contributed by atoms with Gasteiger partial charge < -0.3 is 15.4 Å². The van der Waals surface area contributed by atoms with Gasteiger partial charge in [0.05, 0.1) is 23.8 Å². The Morgan fingerprint density at radius 1 is 1.03 bits per heavy atom. The number of amides is 1. The van der Waals surface area contributed by atoms with Gasteiger partial charge in [-0.05, 0) is 6.07 Å². The summed E-state index contributed by atoms with van der Waals surface area (Å²) in [5, 5.41) is 15.6. The molecule has 0 fully saturated rings. The third-order valence-corrected chi connectivity index (χ3v) is 4.53. The smallest absolute Gasteiger partial charge is 0.279 e. The number of hydrogen-bond acceptors (Lipinski definition) is 4. The summed E-state index contributed by atoms with van der Waals surface area (Å²) in [7, 11) is 1.40. The molecule has 0 spiro atoms. The van der Waals surface area contributed by atoms with Gasteiger partial charge in [0.15, 0.2) is 6.54 Å². The third kappa shape index (κ3) is 5.18. The first-order chi connectivity index (χ1) is 14.1. The second-order valence-corrected chi connectivity index (χ2v) is 6.43. The maximum absolute atomic E-state index is 12.5. The summed E-state index contributed by atoms with van der Waals surface area (Å²) in [6.07, 6.45) is 0. The lowest BCUT2D eigenvalue weighted by Gasteiger charge is -2.17. The van der Waals surface area contributed by atoms with Crippen LogP contribution in [-0.4, -0.2) is 24.5 Å². The van der Waals surface area contributed by atoms with E-state index in [2.05, 4.69) is 5.32 Å². The molecule has 0 aliphatic rings. The van der Waals surface area contributed by atoms with Crippen LogP contribution in [0, 0.1) is 10.1 Å². The lowest BCUT2D eigenvalue weighted by atomic mass is 9.99. The van der Waals surface area contributed by atoms with Crippen LogP contribution in [0.1, 0.15) is 17.2 Å². The second kappa shape index (κ2) is 9.48. The first-order valence-electron chi connectivity index (χ1n) is 9.14. The van der Waals surface area contributed by atoms with Crippen molar-refractivity contribution in [2.75, 3.05) is 19.0 Å². The molecule has 3 rings (SSSR count). The molecule has 29 heavy (non-hydrogen) atoms. The Bertz CT molecular complexity index is 938. The number of nitrogens with zero attached hydrogens (tertiary/aromatic N) is 1. The van der Waals surface area contributed by atoms with Crippen molar-refractivity contribution >= 4 is 17.3 Å². The van der Waals surface area contributed by atoms with Crippen molar-refractivity contribution in [1.29, 1.82) is 0 Å². The molecule has 0 aromatic heterocycles. The van der Waals surface area contributed by atoms with Crippen molar-refractivity contribution in [3.05, 3.63) is 100 Å². The first-order valence-corrected chi connectivity index (χ1v) is 9.14. The Hall–Kier alpha value is -3.71. The standard InChI is InChI=1S/C22H21N3O4/c1-29-20-14-18(25(27)28)12-13-19(20)24-21(26)15-23-22(16-8-4-2-5-9-16)17-10-6-3-7-11-17/h2-14,22-23H,15H2,1H3,(H,24,26)/p+1. The molecule has 0 bridgehead atoms. The normalized spacial score (nSPS) is 10.6. The molecular weight excluding hydrogens is 370 g/mol. The fraction of sp³-hybridized carbons (Fsp3) is 0.136. The number of benzene rings is 3. The average Bonchev–Trinajstić information content (AvgIpc) is 2.75. The fourth-order valence-electron chi connectivity index (χ4n) is 3.11. The van der Waals surface area contributed by atoms with Gasteiger partial charge in [-0.3, -0.25) is 14.9 Å². The van der Waals surface area contributed by atoms with Gasteiger partial charge in [0.1, 0.15) is 11.8 Å². The van der Waals surface area contributed by atoms with Crippen LogP contribution in [0.3, 0.4) is 0 Å². The number of nitro groups is 1. The number of nitro benzene ring substituents is 1. The van der Waals surface area contributed by atoms with E-state index in [9.17, 15) is 14.9 Å². The molecule has 0 aliphatic heterocycles. The number of rotatable bonds is 8. The van der Waals surface area contributed by atoms with E-state index in [0.29, 0.717) is 5.69 Å². The number of methoxy groups -OCH3 is 1. The quantitative estimate of drug-likeness (QED) is 0.455. The van der Waals surface area contributed by atoms with Gasteiger partial charge in [-0.15, -0.1) is 0 Å². The van der Waals surface area contributed by atoms with Gasteiger partial charge in [0, 0.05) is 17.2 Å². The molecule has 3 aromatic carbocycles. The minimum atomic E-state index is -0.508. The zero-order valence-electron chi connectivity index (χ0n) is 15.9. The lowest BCUT2D eigenvalue weighted by molar-refractivity contribution is -0.676. The summed E-state index contributed by atoms with van der Waals surface area (Å²) in [4.78, 5) is 22.9. The highest BCUT2D eigenvalue weighted by atomic mass is 16.6. The SMILES string of the molecule is COc1cc([N+](=O)[O-])ccc1NC(=O)C[NH2+]C(c1ccccc1)c1ccccc1. The van der Waals surface area contributed by atoms with Crippen molar-refractivity contribution in [2.24, 2.45) is 0 Å². The van der Waals surface area contributed by atoms with Crippen LogP contribution in [0.15, 0.2) is 78.9 Å². The molecule has 0 aliphatic carbocycles. The number of hydrogen-bond donors (Lipinski definition) is 2. The van der Waals surface area contributed by atoms with E-state index in [1.165, 1.54) is 25.3 Å². The number of nitrogens with one attached hydrogen (secondary N) is 1. The molecule has 0 atom stereocenters. The third-order valence-electron chi connectivity index (χ3n) is 4.53. The monoisotopic (exact) mass is 392 g/mol. The number of nitrogens with two attached hydrogens (primary N) is 1. The topological polar surface area (TPSA) is 98.1 Å². The van der Waals surface area contributed by atoms with Crippen LogP contribution in [0.5, 0.6) is 5.75 Å². The van der Waals surface area contributed by atoms with Crippen molar-refractivity contribution in [1.82, 2.24) is 0 Å². The highest BCUT2D eigenvalue weighted by Gasteiger charge is 2.19. The Labute approximate surface area is 168 Å². The van der Waals surface area contributed by atoms with Gasteiger partial charge in [-0.25, -0.2) is 0 Å². The molecule has 0 saturated heterocycles. The van der Waals surface area contributed by atoms with E-state index in [1.54, 1.807) is 0 Å². The van der Waals surface area contributed by atoms with E-state index in [0.717, 1.165) is 11.1 Å². The van der Waals surface area contributed by atoms with Gasteiger partial charge >= 0.3 is 0 Å². The van der Waals surface area contributed by atoms with E-state index in [1.807, 2.05) is 66.0 Å². The summed E-state index contributed by atoms with van der Waals surface area (Å²) < 4.78 is 5.17. The number of ether oxygens (including phenoxy) is 1. The molecule has 3 aromatic rings. The van der Waals surface area contributed by atoms with E-state index in [-0.39, 0.29) is 29.9 Å². The lowest BCUT2D eigenvalue weighted by Crippen LogP contribution is -2.87. The van der Waals surface area contributed by atoms with Crippen LogP contribution in [-0.2, 0) is 4.79 Å². The molecule has 0 heterocycles. The molecule has 1 amide bonds. The summed E-state index contributed by atoms with van der Waals surface area (Å²) in [6.45, 7) is 0.175. The molecule has 0 saturated carbocycles. The average molecular weight is 392 g/mol. The van der Waals surface area contributed by atoms with Crippen molar-refractivity contribution < 1.29 is 19.8 Å². The maximum atomic E-state index is 12.5. The highest BCUT2D eigenvalue weighted by Crippen LogP contribution is 2.28. The summed E-state index contributed by atoms with van der Waals surface area (Å²) in [5.74, 6) is 0.0178. The van der Waals surface area contributed by atoms with Gasteiger partial charge in [0.25, 0.3) is 11.6 Å². The van der Waals surface area contributed by atoms with Crippen LogP contribution in [0.25, 0.3) is 0 Å². The molecule has 3 N–H and O–H groups in total. The predicted octanol–water partition coefficient (Wildman–Crippen LogP) is 2.89. The number of non-ortho nitro benzene ring substituents is 1. The second-order valence-electron chi connectivity index (χ2n) is 6.43. The minimum absolute atomic E-state index is 0.0260. The largest absolute Gasteiger partial charge is 0.494 e. The Balaban J connectivity index is 1.72. The van der Waals surface area contributed by atoms with Crippen LogP contribution >= 0.6 is 0 Å². The van der Waals surface area contributed by atoms with Gasteiger partial charge in [-0.2, -0.15) is 0 Å². The van der Waals surface area contributed by atoms with E-state index < -0.39 is 4.92 Å². The number of carbonyl (C=O) groups is 1. The molecule has 0 radical (unpaired) electrons. The minimum Gasteiger partial charge on any atom is -0.494 e. The van der Waals surface area contributed by atoms with E-state index in [4.69, 9.17) is 4.74 Å². The molecule has 7 heteroatoms. The fourth-order valence-corrected chi connectivity index (χ4v) is 3.11. The van der Waals surface area contributed by atoms with Crippen LogP contribution in [0.4, 0.5) is 11.4 Å². The van der Waals surface area contributed by atoms with Gasteiger partial charge in [-0.1, -0.05) is 60.7 Å². The van der Waals surface area contributed by atoms with Crippen LogP contribution in [0.2, 0.25) is 0 Å². The number of carbonyl (C=O) groups excluding carboxylic acids is 1.